The van der Waals surface area contributed by atoms with Crippen LogP contribution in [0.15, 0.2) is 225 Å². The lowest BCUT2D eigenvalue weighted by atomic mass is 10.0. The summed E-state index contributed by atoms with van der Waals surface area (Å²) in [6, 6.07) is 72.1. The molecule has 13 rings (SSSR count). The smallest absolute Gasteiger partial charge is 0.0963 e. The highest BCUT2D eigenvalue weighted by Crippen LogP contribution is 2.34. The molecule has 0 saturated carbocycles. The molecular formula is C57H38I2N6. The maximum Gasteiger partial charge on any atom is 0.0963 e. The molecule has 0 unspecified atom stereocenters. The summed E-state index contributed by atoms with van der Waals surface area (Å²) >= 11 is 4.64. The number of hydrogen-bond donors (Lipinski definition) is 1. The van der Waals surface area contributed by atoms with Crippen LogP contribution in [0.1, 0.15) is 0 Å². The van der Waals surface area contributed by atoms with Crippen molar-refractivity contribution in [2.75, 3.05) is 0 Å². The molecule has 1 N–H and O–H groups in total. The molecule has 0 bridgehead atoms. The molecule has 6 heterocycles. The van der Waals surface area contributed by atoms with Crippen LogP contribution in [-0.2, 0) is 0 Å². The van der Waals surface area contributed by atoms with E-state index >= 15 is 0 Å². The minimum absolute atomic E-state index is 1.03. The van der Waals surface area contributed by atoms with E-state index in [0.29, 0.717) is 0 Å². The van der Waals surface area contributed by atoms with Gasteiger partial charge in [-0.25, -0.2) is 0 Å². The van der Waals surface area contributed by atoms with E-state index in [0.717, 1.165) is 50.0 Å². The average Bonchev–Trinajstić information content (AvgIpc) is 4.03. The number of aromatic nitrogens is 6. The number of benzene rings is 7. The summed E-state index contributed by atoms with van der Waals surface area (Å²) in [5.74, 6) is 0. The third-order valence-corrected chi connectivity index (χ3v) is 13.2. The number of para-hydroxylation sites is 3. The summed E-state index contributed by atoms with van der Waals surface area (Å²) in [6.07, 6.45) is 5.55. The van der Waals surface area contributed by atoms with E-state index in [-0.39, 0.29) is 0 Å². The maximum absolute atomic E-state index is 4.66. The van der Waals surface area contributed by atoms with E-state index in [1.807, 2.05) is 55.0 Å². The molecule has 8 heteroatoms. The van der Waals surface area contributed by atoms with Crippen LogP contribution in [0, 0.1) is 7.14 Å². The van der Waals surface area contributed by atoms with E-state index < -0.39 is 0 Å². The van der Waals surface area contributed by atoms with Gasteiger partial charge in [0.15, 0.2) is 0 Å². The van der Waals surface area contributed by atoms with E-state index in [9.17, 15) is 0 Å². The molecule has 0 aliphatic rings. The van der Waals surface area contributed by atoms with Crippen molar-refractivity contribution in [1.29, 1.82) is 0 Å². The summed E-state index contributed by atoms with van der Waals surface area (Å²) in [7, 11) is 0. The summed E-state index contributed by atoms with van der Waals surface area (Å²) in [4.78, 5) is 17.0. The van der Waals surface area contributed by atoms with Gasteiger partial charge < -0.3 is 14.1 Å². The molecule has 0 aliphatic heterocycles. The van der Waals surface area contributed by atoms with E-state index in [1.165, 1.54) is 56.6 Å². The lowest BCUT2D eigenvalue weighted by Gasteiger charge is -2.11. The Morgan fingerprint density at radius 3 is 1.14 bits per heavy atom. The van der Waals surface area contributed by atoms with Crippen LogP contribution in [0.2, 0.25) is 0 Å². The number of rotatable bonds is 4. The number of halogens is 2. The van der Waals surface area contributed by atoms with Gasteiger partial charge in [-0.3, -0.25) is 15.0 Å². The summed E-state index contributed by atoms with van der Waals surface area (Å²) in [6.45, 7) is 0. The third kappa shape index (κ3) is 7.93. The van der Waals surface area contributed by atoms with E-state index in [1.54, 1.807) is 0 Å². The number of nitrogens with zero attached hydrogens (tertiary/aromatic N) is 5. The normalized spacial score (nSPS) is 11.2. The molecule has 0 saturated heterocycles. The van der Waals surface area contributed by atoms with Crippen molar-refractivity contribution in [3.63, 3.8) is 0 Å². The van der Waals surface area contributed by atoms with Gasteiger partial charge in [-0.2, -0.15) is 0 Å². The summed E-state index contributed by atoms with van der Waals surface area (Å²) in [5.41, 5.74) is 17.1. The molecule has 0 radical (unpaired) electrons. The summed E-state index contributed by atoms with van der Waals surface area (Å²) in [5, 5.41) is 3.53. The van der Waals surface area contributed by atoms with Crippen LogP contribution < -0.4 is 0 Å². The molecule has 0 fully saturated rings. The van der Waals surface area contributed by atoms with Gasteiger partial charge in [0.1, 0.15) is 0 Å². The van der Waals surface area contributed by atoms with Crippen molar-refractivity contribution in [3.05, 3.63) is 232 Å². The Hall–Kier alpha value is -7.15. The van der Waals surface area contributed by atoms with E-state index in [2.05, 4.69) is 244 Å². The fraction of sp³-hybridized carbons (Fsp3) is 0. The predicted molar refractivity (Wildman–Crippen MR) is 287 cm³/mol. The lowest BCUT2D eigenvalue weighted by molar-refractivity contribution is 1.17. The zero-order chi connectivity index (χ0) is 43.7. The molecule has 0 spiro atoms. The zero-order valence-corrected chi connectivity index (χ0v) is 39.2. The first-order valence-electron chi connectivity index (χ1n) is 21.3. The quantitative estimate of drug-likeness (QED) is 0.179. The number of hydrogen-bond acceptors (Lipinski definition) is 3. The predicted octanol–water partition coefficient (Wildman–Crippen LogP) is 15.6. The zero-order valence-electron chi connectivity index (χ0n) is 34.9. The molecule has 310 valence electrons. The van der Waals surface area contributed by atoms with Gasteiger partial charge in [0, 0.05) is 58.8 Å². The Balaban J connectivity index is 0.000000141. The van der Waals surface area contributed by atoms with Crippen LogP contribution in [0.25, 0.3) is 99.4 Å². The Labute approximate surface area is 402 Å². The Kier molecular flexibility index (Phi) is 11.1. The van der Waals surface area contributed by atoms with Crippen molar-refractivity contribution < 1.29 is 0 Å². The first kappa shape index (κ1) is 40.6. The van der Waals surface area contributed by atoms with Crippen LogP contribution in [-0.4, -0.2) is 29.1 Å². The number of pyridine rings is 3. The van der Waals surface area contributed by atoms with Gasteiger partial charge in [-0.05, 0) is 171 Å². The molecule has 6 nitrogen and oxygen atoms in total. The van der Waals surface area contributed by atoms with Gasteiger partial charge in [0.05, 0.1) is 44.1 Å². The number of nitrogens with one attached hydrogen (secondary N) is 1. The standard InChI is InChI=1S/C34H22N4.C12H8I2.C11H8N2/c1-3-9-29-27(7-1)33-31(11-5-21-35-33)37(29)25-17-13-23(14-18-25)24-15-19-26(20-16-24)38-30-10-4-2-8-28(30)34-32(38)12-6-22-36-34;13-11-5-1-9(2-6-11)10-3-7-12(14)8-4-10;1-2-5-9-8(4-1)11-10(13-9)6-3-7-12-11/h1-22H;1-8H;1-7,13H. The van der Waals surface area contributed by atoms with Gasteiger partial charge in [-0.1, -0.05) is 103 Å². The van der Waals surface area contributed by atoms with Gasteiger partial charge >= 0.3 is 0 Å². The topological polar surface area (TPSA) is 64.3 Å². The van der Waals surface area contributed by atoms with Crippen LogP contribution in [0.4, 0.5) is 0 Å². The lowest BCUT2D eigenvalue weighted by Crippen LogP contribution is -1.94. The van der Waals surface area contributed by atoms with Gasteiger partial charge in [0.2, 0.25) is 0 Å². The van der Waals surface area contributed by atoms with Crippen molar-refractivity contribution in [3.8, 4) is 33.6 Å². The first-order valence-corrected chi connectivity index (χ1v) is 23.5. The third-order valence-electron chi connectivity index (χ3n) is 11.7. The molecule has 0 amide bonds. The molecule has 0 aliphatic carbocycles. The van der Waals surface area contributed by atoms with Crippen molar-refractivity contribution >= 4 is 111 Å². The van der Waals surface area contributed by atoms with Crippen LogP contribution in [0.3, 0.4) is 0 Å². The van der Waals surface area contributed by atoms with Crippen LogP contribution in [0.5, 0.6) is 0 Å². The minimum Gasteiger partial charge on any atom is -0.353 e. The molecule has 65 heavy (non-hydrogen) atoms. The Bertz CT molecular complexity index is 3420. The highest BCUT2D eigenvalue weighted by atomic mass is 127. The molecule has 6 aromatic heterocycles. The Morgan fingerprint density at radius 1 is 0.308 bits per heavy atom. The fourth-order valence-corrected chi connectivity index (χ4v) is 9.40. The Morgan fingerprint density at radius 2 is 0.662 bits per heavy atom. The monoisotopic (exact) mass is 1060 g/mol. The van der Waals surface area contributed by atoms with Crippen LogP contribution >= 0.6 is 45.2 Å². The van der Waals surface area contributed by atoms with E-state index in [4.69, 9.17) is 0 Å². The second-order valence-corrected chi connectivity index (χ2v) is 18.1. The highest BCUT2D eigenvalue weighted by molar-refractivity contribution is 14.1. The average molecular weight is 1060 g/mol. The molecule has 0 atom stereocenters. The molecule has 13 aromatic rings. The fourth-order valence-electron chi connectivity index (χ4n) is 8.68. The minimum atomic E-state index is 1.03. The SMILES string of the molecule is Ic1ccc(-c2ccc(I)cc2)cc1.c1ccc2c(c1)[nH]c1cccnc12.c1ccc2c(c1)c1ncccc1n2-c1ccc(-c2ccc(-n3c4ccccc4c4ncccc43)cc2)cc1. The molecular weight excluding hydrogens is 1020 g/mol. The summed E-state index contributed by atoms with van der Waals surface area (Å²) < 4.78 is 7.13. The maximum atomic E-state index is 4.66. The first-order chi connectivity index (χ1) is 32.1. The van der Waals surface area contributed by atoms with Crippen molar-refractivity contribution in [2.24, 2.45) is 0 Å². The van der Waals surface area contributed by atoms with Crippen molar-refractivity contribution in [2.45, 2.75) is 0 Å². The second kappa shape index (κ2) is 17.8. The highest BCUT2D eigenvalue weighted by Gasteiger charge is 2.14. The molecule has 7 aromatic carbocycles. The number of aromatic amines is 1. The van der Waals surface area contributed by atoms with Gasteiger partial charge in [0.25, 0.3) is 0 Å². The number of fused-ring (bicyclic) bond motifs is 9. The number of H-pyrrole nitrogens is 1. The van der Waals surface area contributed by atoms with Gasteiger partial charge in [-0.15, -0.1) is 0 Å². The second-order valence-electron chi connectivity index (χ2n) is 15.6. The largest absolute Gasteiger partial charge is 0.353 e. The van der Waals surface area contributed by atoms with Crippen molar-refractivity contribution in [1.82, 2.24) is 29.1 Å².